The van der Waals surface area contributed by atoms with Crippen LogP contribution in [0.4, 0.5) is 0 Å². The van der Waals surface area contributed by atoms with E-state index in [9.17, 15) is 5.11 Å². The molecule has 0 aliphatic rings. The highest BCUT2D eigenvalue weighted by molar-refractivity contribution is 5.69. The Morgan fingerprint density at radius 3 is 2.68 bits per heavy atom. The first-order valence-electron chi connectivity index (χ1n) is 7.94. The van der Waals surface area contributed by atoms with Crippen LogP contribution in [0.2, 0.25) is 0 Å². The minimum atomic E-state index is 0.113. The van der Waals surface area contributed by atoms with Gasteiger partial charge in [0.1, 0.15) is 0 Å². The van der Waals surface area contributed by atoms with Gasteiger partial charge in [-0.1, -0.05) is 24.3 Å². The van der Waals surface area contributed by atoms with E-state index in [2.05, 4.69) is 29.0 Å². The van der Waals surface area contributed by atoms with E-state index in [0.717, 1.165) is 28.2 Å². The molecular formula is C20H17N3O2. The molecule has 5 heteroatoms. The van der Waals surface area contributed by atoms with E-state index in [4.69, 9.17) is 4.74 Å². The summed E-state index contributed by atoms with van der Waals surface area (Å²) in [6, 6.07) is 13.4. The van der Waals surface area contributed by atoms with Gasteiger partial charge in [-0.25, -0.2) is 4.98 Å². The van der Waals surface area contributed by atoms with Crippen molar-refractivity contribution in [2.24, 2.45) is 0 Å². The van der Waals surface area contributed by atoms with Gasteiger partial charge >= 0.3 is 0 Å². The molecule has 1 N–H and O–H groups in total. The van der Waals surface area contributed by atoms with E-state index >= 15 is 0 Å². The molecule has 124 valence electrons. The number of benzene rings is 2. The Labute approximate surface area is 145 Å². The zero-order valence-electron chi connectivity index (χ0n) is 14.0. The Kier molecular flexibility index (Phi) is 3.61. The molecule has 0 unspecified atom stereocenters. The van der Waals surface area contributed by atoms with Gasteiger partial charge < -0.3 is 9.84 Å². The van der Waals surface area contributed by atoms with Gasteiger partial charge in [-0.2, -0.15) is 0 Å². The molecule has 0 aliphatic carbocycles. The summed E-state index contributed by atoms with van der Waals surface area (Å²) >= 11 is 0. The summed E-state index contributed by atoms with van der Waals surface area (Å²) in [6.45, 7) is 2.07. The molecule has 2 aromatic carbocycles. The zero-order valence-corrected chi connectivity index (χ0v) is 14.0. The maximum atomic E-state index is 9.81. The fourth-order valence-corrected chi connectivity index (χ4v) is 2.94. The number of phenols is 1. The van der Waals surface area contributed by atoms with Crippen molar-refractivity contribution in [3.05, 3.63) is 66.6 Å². The Balaban J connectivity index is 1.89. The van der Waals surface area contributed by atoms with Gasteiger partial charge in [0.2, 0.25) is 0 Å². The van der Waals surface area contributed by atoms with Crippen LogP contribution >= 0.6 is 0 Å². The van der Waals surface area contributed by atoms with Crippen molar-refractivity contribution in [1.29, 1.82) is 0 Å². The molecule has 2 heterocycles. The van der Waals surface area contributed by atoms with Crippen LogP contribution in [0.25, 0.3) is 28.2 Å². The van der Waals surface area contributed by atoms with E-state index in [1.165, 1.54) is 12.7 Å². The molecule has 0 amide bonds. The second-order valence-electron chi connectivity index (χ2n) is 5.85. The van der Waals surface area contributed by atoms with Crippen molar-refractivity contribution in [2.45, 2.75) is 6.92 Å². The average Bonchev–Trinajstić information content (AvgIpc) is 3.06. The highest BCUT2D eigenvalue weighted by atomic mass is 16.5. The van der Waals surface area contributed by atoms with Gasteiger partial charge in [0.15, 0.2) is 17.1 Å². The lowest BCUT2D eigenvalue weighted by Crippen LogP contribution is -1.94. The van der Waals surface area contributed by atoms with Crippen LogP contribution in [-0.2, 0) is 0 Å². The number of nitrogens with zero attached hydrogens (tertiary/aromatic N) is 3. The smallest absolute Gasteiger partial charge is 0.161 e. The van der Waals surface area contributed by atoms with E-state index in [1.807, 2.05) is 28.8 Å². The summed E-state index contributed by atoms with van der Waals surface area (Å²) in [5, 5.41) is 9.81. The highest BCUT2D eigenvalue weighted by Gasteiger charge is 2.11. The van der Waals surface area contributed by atoms with Crippen molar-refractivity contribution in [1.82, 2.24) is 14.4 Å². The van der Waals surface area contributed by atoms with Crippen LogP contribution in [0, 0.1) is 6.92 Å². The molecule has 25 heavy (non-hydrogen) atoms. The lowest BCUT2D eigenvalue weighted by Gasteiger charge is -2.09. The Bertz CT molecular complexity index is 1070. The summed E-state index contributed by atoms with van der Waals surface area (Å²) in [6.07, 6.45) is 5.55. The Morgan fingerprint density at radius 2 is 1.88 bits per heavy atom. The molecule has 0 fully saturated rings. The predicted octanol–water partition coefficient (Wildman–Crippen LogP) is 4.09. The van der Waals surface area contributed by atoms with Crippen LogP contribution in [-0.4, -0.2) is 26.6 Å². The Morgan fingerprint density at radius 1 is 1.04 bits per heavy atom. The van der Waals surface area contributed by atoms with Crippen LogP contribution < -0.4 is 4.74 Å². The van der Waals surface area contributed by atoms with Gasteiger partial charge in [-0.05, 0) is 30.7 Å². The molecule has 0 atom stereocenters. The van der Waals surface area contributed by atoms with Crippen molar-refractivity contribution < 1.29 is 9.84 Å². The van der Waals surface area contributed by atoms with Gasteiger partial charge in [0.05, 0.1) is 30.9 Å². The number of rotatable bonds is 3. The molecule has 5 nitrogen and oxygen atoms in total. The van der Waals surface area contributed by atoms with E-state index in [0.29, 0.717) is 5.75 Å². The van der Waals surface area contributed by atoms with E-state index in [-0.39, 0.29) is 5.75 Å². The number of ether oxygens (including phenoxy) is 1. The summed E-state index contributed by atoms with van der Waals surface area (Å²) < 4.78 is 7.21. The highest BCUT2D eigenvalue weighted by Crippen LogP contribution is 2.32. The summed E-state index contributed by atoms with van der Waals surface area (Å²) in [7, 11) is 1.54. The number of hydrogen-bond acceptors (Lipinski definition) is 4. The largest absolute Gasteiger partial charge is 0.504 e. The average molecular weight is 331 g/mol. The van der Waals surface area contributed by atoms with E-state index in [1.54, 1.807) is 24.5 Å². The third-order valence-corrected chi connectivity index (χ3v) is 4.29. The van der Waals surface area contributed by atoms with Gasteiger partial charge in [-0.15, -0.1) is 0 Å². The molecule has 0 spiro atoms. The normalized spacial score (nSPS) is 11.0. The fourth-order valence-electron chi connectivity index (χ4n) is 2.94. The number of aromatic hydroxyl groups is 1. The van der Waals surface area contributed by atoms with Gasteiger partial charge in [0, 0.05) is 17.3 Å². The first kappa shape index (κ1) is 15.2. The summed E-state index contributed by atoms with van der Waals surface area (Å²) in [5.74, 6) is 0.544. The minimum absolute atomic E-state index is 0.113. The minimum Gasteiger partial charge on any atom is -0.504 e. The number of imidazole rings is 1. The molecule has 2 aromatic heterocycles. The molecule has 4 aromatic rings. The fraction of sp³-hybridized carbons (Fsp3) is 0.100. The lowest BCUT2D eigenvalue weighted by atomic mass is 10.1. The molecule has 0 saturated carbocycles. The predicted molar refractivity (Wildman–Crippen MR) is 96.8 cm³/mol. The molecule has 0 bridgehead atoms. The number of aryl methyl sites for hydroxylation is 1. The van der Waals surface area contributed by atoms with Crippen molar-refractivity contribution in [2.75, 3.05) is 7.11 Å². The number of methoxy groups -OCH3 is 1. The molecular weight excluding hydrogens is 314 g/mol. The van der Waals surface area contributed by atoms with Crippen LogP contribution in [0.5, 0.6) is 11.5 Å². The Hall–Kier alpha value is -3.34. The first-order chi connectivity index (χ1) is 12.2. The number of hydrogen-bond donors (Lipinski definition) is 1. The van der Waals surface area contributed by atoms with E-state index < -0.39 is 0 Å². The van der Waals surface area contributed by atoms with Crippen molar-refractivity contribution in [3.63, 3.8) is 0 Å². The quantitative estimate of drug-likeness (QED) is 0.614. The SMILES string of the molecule is COc1cc(-c2cnc3cnc(-c4ccccc4C)cn23)ccc1O. The monoisotopic (exact) mass is 331 g/mol. The number of aromatic nitrogens is 3. The number of fused-ring (bicyclic) bond motifs is 1. The number of phenolic OH excluding ortho intramolecular Hbond substituents is 1. The maximum Gasteiger partial charge on any atom is 0.161 e. The third kappa shape index (κ3) is 2.59. The second-order valence-corrected chi connectivity index (χ2v) is 5.85. The van der Waals surface area contributed by atoms with Crippen molar-refractivity contribution >= 4 is 5.65 Å². The first-order valence-corrected chi connectivity index (χ1v) is 7.94. The van der Waals surface area contributed by atoms with Crippen LogP contribution in [0.3, 0.4) is 0 Å². The summed E-state index contributed by atoms with van der Waals surface area (Å²) in [4.78, 5) is 8.97. The van der Waals surface area contributed by atoms with Gasteiger partial charge in [-0.3, -0.25) is 9.38 Å². The second kappa shape index (κ2) is 5.94. The molecule has 4 rings (SSSR count). The maximum absolute atomic E-state index is 9.81. The molecule has 0 radical (unpaired) electrons. The summed E-state index contributed by atoms with van der Waals surface area (Å²) in [5.41, 5.74) is 5.72. The third-order valence-electron chi connectivity index (χ3n) is 4.29. The lowest BCUT2D eigenvalue weighted by molar-refractivity contribution is 0.373. The van der Waals surface area contributed by atoms with Crippen molar-refractivity contribution in [3.8, 4) is 34.0 Å². The van der Waals surface area contributed by atoms with Crippen LogP contribution in [0.1, 0.15) is 5.56 Å². The molecule has 0 aliphatic heterocycles. The topological polar surface area (TPSA) is 59.7 Å². The zero-order chi connectivity index (χ0) is 17.4. The van der Waals surface area contributed by atoms with Gasteiger partial charge in [0.25, 0.3) is 0 Å². The molecule has 0 saturated heterocycles. The standard InChI is InChI=1S/C20H17N3O2/c1-13-5-3-4-6-15(13)16-12-23-17(10-22-20(23)11-21-16)14-7-8-18(24)19(9-14)25-2/h3-12,24H,1-2H3. The van der Waals surface area contributed by atoms with Crippen LogP contribution in [0.15, 0.2) is 61.1 Å².